The Morgan fingerprint density at radius 3 is 2.32 bits per heavy atom. The number of carbonyl (C=O) groups excluding carboxylic acids is 1. The summed E-state index contributed by atoms with van der Waals surface area (Å²) in [5.41, 5.74) is 2.99. The molecule has 2 rings (SSSR count). The third-order valence-electron chi connectivity index (χ3n) is 3.02. The van der Waals surface area contributed by atoms with Crippen LogP contribution in [0.3, 0.4) is 0 Å². The maximum absolute atomic E-state index is 12.0. The maximum Gasteiger partial charge on any atom is 0.255 e. The predicted molar refractivity (Wildman–Crippen MR) is 73.6 cm³/mol. The second-order valence-electron chi connectivity index (χ2n) is 4.44. The minimum Gasteiger partial charge on any atom is -0.508 e. The Balaban J connectivity index is 2.28. The van der Waals surface area contributed by atoms with Gasteiger partial charge in [0.2, 0.25) is 0 Å². The lowest BCUT2D eigenvalue weighted by Gasteiger charge is -2.10. The summed E-state index contributed by atoms with van der Waals surface area (Å²) in [6.07, 6.45) is 0. The molecule has 0 spiro atoms. The van der Waals surface area contributed by atoms with E-state index in [1.54, 1.807) is 0 Å². The normalized spacial score (nSPS) is 10.2. The number of aryl methyl sites for hydroxylation is 1. The molecule has 0 saturated carbocycles. The van der Waals surface area contributed by atoms with Crippen molar-refractivity contribution in [2.45, 2.75) is 13.8 Å². The SMILES string of the molecule is Cc1cccc(NC(=O)c2cc(O)cc(O)c2)c1C. The molecule has 0 atom stereocenters. The van der Waals surface area contributed by atoms with E-state index in [0.29, 0.717) is 5.69 Å². The number of hydrogen-bond acceptors (Lipinski definition) is 3. The van der Waals surface area contributed by atoms with Crippen molar-refractivity contribution in [3.63, 3.8) is 0 Å². The van der Waals surface area contributed by atoms with E-state index >= 15 is 0 Å². The first-order chi connectivity index (χ1) is 8.97. The molecule has 0 bridgehead atoms. The van der Waals surface area contributed by atoms with E-state index in [1.807, 2.05) is 32.0 Å². The molecule has 0 aromatic heterocycles. The van der Waals surface area contributed by atoms with Gasteiger partial charge in [-0.2, -0.15) is 0 Å². The topological polar surface area (TPSA) is 69.6 Å². The first-order valence-electron chi connectivity index (χ1n) is 5.88. The van der Waals surface area contributed by atoms with Gasteiger partial charge in [0.15, 0.2) is 0 Å². The van der Waals surface area contributed by atoms with E-state index in [9.17, 15) is 15.0 Å². The molecule has 0 aliphatic rings. The Morgan fingerprint density at radius 2 is 1.68 bits per heavy atom. The van der Waals surface area contributed by atoms with Crippen LogP contribution < -0.4 is 5.32 Å². The summed E-state index contributed by atoms with van der Waals surface area (Å²) in [6.45, 7) is 3.88. The number of carbonyl (C=O) groups is 1. The summed E-state index contributed by atoms with van der Waals surface area (Å²) >= 11 is 0. The van der Waals surface area contributed by atoms with E-state index in [1.165, 1.54) is 18.2 Å². The summed E-state index contributed by atoms with van der Waals surface area (Å²) in [7, 11) is 0. The van der Waals surface area contributed by atoms with E-state index in [2.05, 4.69) is 5.32 Å². The lowest BCUT2D eigenvalue weighted by molar-refractivity contribution is 0.102. The fourth-order valence-corrected chi connectivity index (χ4v) is 1.81. The van der Waals surface area contributed by atoms with Crippen LogP contribution in [0.15, 0.2) is 36.4 Å². The Kier molecular flexibility index (Phi) is 3.42. The first-order valence-corrected chi connectivity index (χ1v) is 5.88. The summed E-state index contributed by atoms with van der Waals surface area (Å²) in [6, 6.07) is 9.42. The largest absolute Gasteiger partial charge is 0.508 e. The zero-order chi connectivity index (χ0) is 14.0. The van der Waals surface area contributed by atoms with Crippen molar-refractivity contribution in [3.8, 4) is 11.5 Å². The molecule has 0 saturated heterocycles. The van der Waals surface area contributed by atoms with Gasteiger partial charge in [-0.05, 0) is 43.2 Å². The minimum absolute atomic E-state index is 0.147. The minimum atomic E-state index is -0.375. The molecule has 0 unspecified atom stereocenters. The molecule has 0 fully saturated rings. The molecule has 4 nitrogen and oxygen atoms in total. The summed E-state index contributed by atoms with van der Waals surface area (Å²) in [5, 5.41) is 21.5. The van der Waals surface area contributed by atoms with Crippen molar-refractivity contribution in [2.24, 2.45) is 0 Å². The maximum atomic E-state index is 12.0. The van der Waals surface area contributed by atoms with Crippen LogP contribution >= 0.6 is 0 Å². The van der Waals surface area contributed by atoms with Crippen molar-refractivity contribution in [1.82, 2.24) is 0 Å². The lowest BCUT2D eigenvalue weighted by atomic mass is 10.1. The third-order valence-corrected chi connectivity index (χ3v) is 3.02. The van der Waals surface area contributed by atoms with Crippen molar-refractivity contribution in [1.29, 1.82) is 0 Å². The number of benzene rings is 2. The summed E-state index contributed by atoms with van der Waals surface area (Å²) in [4.78, 5) is 12.0. The van der Waals surface area contributed by atoms with Crippen LogP contribution in [0, 0.1) is 13.8 Å². The van der Waals surface area contributed by atoms with E-state index in [0.717, 1.165) is 11.1 Å². The predicted octanol–water partition coefficient (Wildman–Crippen LogP) is 2.97. The van der Waals surface area contributed by atoms with Crippen LogP contribution in [0.4, 0.5) is 5.69 Å². The number of amides is 1. The molecule has 2 aromatic rings. The molecule has 0 radical (unpaired) electrons. The van der Waals surface area contributed by atoms with Crippen molar-refractivity contribution in [3.05, 3.63) is 53.1 Å². The van der Waals surface area contributed by atoms with Gasteiger partial charge in [0.05, 0.1) is 0 Å². The Labute approximate surface area is 111 Å². The van der Waals surface area contributed by atoms with E-state index in [-0.39, 0.29) is 23.0 Å². The highest BCUT2D eigenvalue weighted by molar-refractivity contribution is 6.05. The van der Waals surface area contributed by atoms with Gasteiger partial charge in [0, 0.05) is 17.3 Å². The smallest absolute Gasteiger partial charge is 0.255 e. The standard InChI is InChI=1S/C15H15NO3/c1-9-4-3-5-14(10(9)2)16-15(19)11-6-12(17)8-13(18)7-11/h3-8,17-18H,1-2H3,(H,16,19). The molecule has 0 aliphatic carbocycles. The van der Waals surface area contributed by atoms with Gasteiger partial charge in [0.1, 0.15) is 11.5 Å². The molecule has 2 aromatic carbocycles. The highest BCUT2D eigenvalue weighted by atomic mass is 16.3. The Morgan fingerprint density at radius 1 is 1.05 bits per heavy atom. The van der Waals surface area contributed by atoms with Gasteiger partial charge < -0.3 is 15.5 Å². The van der Waals surface area contributed by atoms with Crippen LogP contribution in [0.1, 0.15) is 21.5 Å². The fraction of sp³-hybridized carbons (Fsp3) is 0.133. The van der Waals surface area contributed by atoms with Gasteiger partial charge >= 0.3 is 0 Å². The van der Waals surface area contributed by atoms with Crippen LogP contribution in [0.5, 0.6) is 11.5 Å². The molecule has 98 valence electrons. The Hall–Kier alpha value is -2.49. The molecule has 0 heterocycles. The number of nitrogens with one attached hydrogen (secondary N) is 1. The molecule has 0 aliphatic heterocycles. The highest BCUT2D eigenvalue weighted by Crippen LogP contribution is 2.23. The van der Waals surface area contributed by atoms with Crippen molar-refractivity contribution >= 4 is 11.6 Å². The van der Waals surface area contributed by atoms with Gasteiger partial charge in [-0.3, -0.25) is 4.79 Å². The number of phenols is 2. The highest BCUT2D eigenvalue weighted by Gasteiger charge is 2.10. The average molecular weight is 257 g/mol. The molecule has 1 amide bonds. The van der Waals surface area contributed by atoms with Gasteiger partial charge in [-0.1, -0.05) is 12.1 Å². The zero-order valence-electron chi connectivity index (χ0n) is 10.8. The molecule has 4 heteroatoms. The van der Waals surface area contributed by atoms with E-state index in [4.69, 9.17) is 0 Å². The van der Waals surface area contributed by atoms with E-state index < -0.39 is 0 Å². The quantitative estimate of drug-likeness (QED) is 0.774. The molecular formula is C15H15NO3. The van der Waals surface area contributed by atoms with Gasteiger partial charge in [-0.15, -0.1) is 0 Å². The molecular weight excluding hydrogens is 242 g/mol. The number of rotatable bonds is 2. The van der Waals surface area contributed by atoms with Crippen molar-refractivity contribution in [2.75, 3.05) is 5.32 Å². The first kappa shape index (κ1) is 13.0. The number of hydrogen-bond donors (Lipinski definition) is 3. The zero-order valence-corrected chi connectivity index (χ0v) is 10.8. The monoisotopic (exact) mass is 257 g/mol. The second-order valence-corrected chi connectivity index (χ2v) is 4.44. The Bertz CT molecular complexity index is 615. The number of phenolic OH excluding ortho intramolecular Hbond substituents is 2. The lowest BCUT2D eigenvalue weighted by Crippen LogP contribution is -2.12. The van der Waals surface area contributed by atoms with Gasteiger partial charge in [-0.25, -0.2) is 0 Å². The summed E-state index contributed by atoms with van der Waals surface area (Å²) < 4.78 is 0. The third kappa shape index (κ3) is 2.85. The van der Waals surface area contributed by atoms with Crippen LogP contribution in [0.2, 0.25) is 0 Å². The average Bonchev–Trinajstić information content (AvgIpc) is 2.33. The molecule has 3 N–H and O–H groups in total. The second kappa shape index (κ2) is 5.02. The van der Waals surface area contributed by atoms with Crippen LogP contribution in [0.25, 0.3) is 0 Å². The summed E-state index contributed by atoms with van der Waals surface area (Å²) in [5.74, 6) is -0.669. The van der Waals surface area contributed by atoms with Crippen LogP contribution in [-0.2, 0) is 0 Å². The fourth-order valence-electron chi connectivity index (χ4n) is 1.81. The van der Waals surface area contributed by atoms with Gasteiger partial charge in [0.25, 0.3) is 5.91 Å². The van der Waals surface area contributed by atoms with Crippen molar-refractivity contribution < 1.29 is 15.0 Å². The molecule has 19 heavy (non-hydrogen) atoms. The van der Waals surface area contributed by atoms with Crippen LogP contribution in [-0.4, -0.2) is 16.1 Å². The number of aromatic hydroxyl groups is 2. The number of anilines is 1.